The van der Waals surface area contributed by atoms with Crippen LogP contribution in [0.5, 0.6) is 0 Å². The Bertz CT molecular complexity index is 368. The van der Waals surface area contributed by atoms with E-state index in [2.05, 4.69) is 9.97 Å². The molecule has 0 aliphatic rings. The molecule has 76 valence electrons. The number of ketones is 1. The Hall–Kier alpha value is -1.11. The van der Waals surface area contributed by atoms with Gasteiger partial charge in [0.15, 0.2) is 10.6 Å². The maximum absolute atomic E-state index is 11.5. The van der Waals surface area contributed by atoms with Gasteiger partial charge in [-0.25, -0.2) is 4.98 Å². The Balaban J connectivity index is 2.90. The number of Topliss-reactive ketones (excluding diaryl/α,β-unsaturated/α-hetero) is 1. The summed E-state index contributed by atoms with van der Waals surface area (Å²) in [5.41, 5.74) is 5.77. The normalized spacial score (nSPS) is 14.8. The second-order valence-corrected chi connectivity index (χ2v) is 3.32. The van der Waals surface area contributed by atoms with E-state index >= 15 is 0 Å². The van der Waals surface area contributed by atoms with Crippen molar-refractivity contribution in [2.75, 3.05) is 0 Å². The molecule has 0 radical (unpaired) electrons. The number of rotatable bonds is 3. The summed E-state index contributed by atoms with van der Waals surface area (Å²) in [6.07, 6.45) is 1.88. The van der Waals surface area contributed by atoms with E-state index in [1.165, 1.54) is 19.3 Å². The van der Waals surface area contributed by atoms with Crippen LogP contribution in [0, 0.1) is 4.77 Å². The maximum atomic E-state index is 11.5. The summed E-state index contributed by atoms with van der Waals surface area (Å²) in [7, 11) is 0. The lowest BCUT2D eigenvalue weighted by Gasteiger charge is -2.12. The van der Waals surface area contributed by atoms with Crippen LogP contribution in [0.1, 0.15) is 17.3 Å². The van der Waals surface area contributed by atoms with E-state index in [1.807, 2.05) is 0 Å². The van der Waals surface area contributed by atoms with Gasteiger partial charge in [0.05, 0.1) is 17.7 Å². The van der Waals surface area contributed by atoms with Crippen LogP contribution < -0.4 is 5.73 Å². The first-order valence-electron chi connectivity index (χ1n) is 4.05. The smallest absolute Gasteiger partial charge is 0.196 e. The van der Waals surface area contributed by atoms with Crippen LogP contribution in [0.3, 0.4) is 0 Å². The first-order chi connectivity index (χ1) is 6.52. The average Bonchev–Trinajstić information content (AvgIpc) is 2.16. The third-order valence-electron chi connectivity index (χ3n) is 1.78. The van der Waals surface area contributed by atoms with E-state index in [0.29, 0.717) is 10.3 Å². The number of carbonyl (C=O) groups is 1. The first-order valence-corrected chi connectivity index (χ1v) is 4.46. The molecule has 14 heavy (non-hydrogen) atoms. The van der Waals surface area contributed by atoms with Gasteiger partial charge < -0.3 is 15.8 Å². The van der Waals surface area contributed by atoms with Crippen LogP contribution in [-0.2, 0) is 0 Å². The quantitative estimate of drug-likeness (QED) is 0.486. The summed E-state index contributed by atoms with van der Waals surface area (Å²) in [6, 6.07) is -0.929. The molecule has 1 rings (SSSR count). The number of aliphatic hydroxyl groups excluding tert-OH is 1. The highest BCUT2D eigenvalue weighted by Gasteiger charge is 2.20. The number of nitrogens with one attached hydrogen (secondary N) is 1. The van der Waals surface area contributed by atoms with Crippen molar-refractivity contribution >= 4 is 18.0 Å². The van der Waals surface area contributed by atoms with Gasteiger partial charge in [0.2, 0.25) is 0 Å². The molecule has 0 fully saturated rings. The predicted molar refractivity (Wildman–Crippen MR) is 53.4 cm³/mol. The summed E-state index contributed by atoms with van der Waals surface area (Å²) in [6.45, 7) is 1.46. The fourth-order valence-corrected chi connectivity index (χ4v) is 1.00. The third kappa shape index (κ3) is 2.44. The molecule has 6 heteroatoms. The minimum Gasteiger partial charge on any atom is -0.391 e. The van der Waals surface area contributed by atoms with Crippen molar-refractivity contribution < 1.29 is 9.90 Å². The molecule has 0 aliphatic carbocycles. The van der Waals surface area contributed by atoms with Gasteiger partial charge in [0.1, 0.15) is 0 Å². The maximum Gasteiger partial charge on any atom is 0.196 e. The fourth-order valence-electron chi connectivity index (χ4n) is 0.888. The van der Waals surface area contributed by atoms with Crippen molar-refractivity contribution in [1.29, 1.82) is 0 Å². The molecule has 0 amide bonds. The minimum absolute atomic E-state index is 0.298. The van der Waals surface area contributed by atoms with Gasteiger partial charge in [-0.2, -0.15) is 0 Å². The van der Waals surface area contributed by atoms with E-state index in [1.54, 1.807) is 0 Å². The molecule has 0 aliphatic heterocycles. The van der Waals surface area contributed by atoms with E-state index in [-0.39, 0.29) is 5.78 Å². The minimum atomic E-state index is -0.929. The van der Waals surface area contributed by atoms with E-state index < -0.39 is 12.1 Å². The van der Waals surface area contributed by atoms with Crippen molar-refractivity contribution in [3.63, 3.8) is 0 Å². The number of hydrogen-bond donors (Lipinski definition) is 3. The lowest BCUT2D eigenvalue weighted by atomic mass is 10.0. The van der Waals surface area contributed by atoms with Gasteiger partial charge in [0, 0.05) is 12.4 Å². The van der Waals surface area contributed by atoms with Crippen molar-refractivity contribution in [3.8, 4) is 0 Å². The standard InChI is InChI=1S/C8H11N3O2S/c1-4(12)6(9)7(13)5-2-10-8(14)11-3-5/h2-4,6,12H,9H2,1H3,(H,10,11,14). The number of aromatic nitrogens is 2. The van der Waals surface area contributed by atoms with Crippen molar-refractivity contribution in [2.45, 2.75) is 19.1 Å². The number of hydrogen-bond acceptors (Lipinski definition) is 5. The zero-order valence-corrected chi connectivity index (χ0v) is 8.41. The summed E-state index contributed by atoms with van der Waals surface area (Å²) in [5, 5.41) is 9.11. The molecule has 0 bridgehead atoms. The second-order valence-electron chi connectivity index (χ2n) is 2.94. The molecule has 0 aromatic carbocycles. The highest BCUT2D eigenvalue weighted by atomic mass is 32.1. The highest BCUT2D eigenvalue weighted by molar-refractivity contribution is 7.71. The lowest BCUT2D eigenvalue weighted by Crippen LogP contribution is -2.40. The number of carbonyl (C=O) groups excluding carboxylic acids is 1. The molecular weight excluding hydrogens is 202 g/mol. The van der Waals surface area contributed by atoms with Gasteiger partial charge in [0.25, 0.3) is 0 Å². The second kappa shape index (κ2) is 4.41. The zero-order chi connectivity index (χ0) is 10.7. The Morgan fingerprint density at radius 2 is 2.43 bits per heavy atom. The van der Waals surface area contributed by atoms with Crippen LogP contribution in [0.25, 0.3) is 0 Å². The molecule has 4 N–H and O–H groups in total. The van der Waals surface area contributed by atoms with Gasteiger partial charge >= 0.3 is 0 Å². The molecule has 0 saturated heterocycles. The molecule has 0 saturated carbocycles. The topological polar surface area (TPSA) is 92.0 Å². The van der Waals surface area contributed by atoms with Gasteiger partial charge in [-0.1, -0.05) is 0 Å². The van der Waals surface area contributed by atoms with Crippen molar-refractivity contribution in [3.05, 3.63) is 22.7 Å². The molecule has 2 unspecified atom stereocenters. The van der Waals surface area contributed by atoms with E-state index in [0.717, 1.165) is 0 Å². The monoisotopic (exact) mass is 213 g/mol. The molecular formula is C8H11N3O2S. The largest absolute Gasteiger partial charge is 0.391 e. The molecule has 2 atom stereocenters. The fraction of sp³-hybridized carbons (Fsp3) is 0.375. The summed E-state index contributed by atoms with van der Waals surface area (Å²) in [5.74, 6) is -0.362. The number of H-pyrrole nitrogens is 1. The highest BCUT2D eigenvalue weighted by Crippen LogP contribution is 2.01. The average molecular weight is 213 g/mol. The zero-order valence-electron chi connectivity index (χ0n) is 7.60. The van der Waals surface area contributed by atoms with Gasteiger partial charge in [-0.15, -0.1) is 0 Å². The summed E-state index contributed by atoms with van der Waals surface area (Å²) in [4.78, 5) is 17.9. The third-order valence-corrected chi connectivity index (χ3v) is 2.00. The van der Waals surface area contributed by atoms with Gasteiger partial charge in [-0.05, 0) is 19.1 Å². The molecule has 0 spiro atoms. The van der Waals surface area contributed by atoms with Crippen LogP contribution in [0.2, 0.25) is 0 Å². The Kier molecular flexibility index (Phi) is 3.45. The van der Waals surface area contributed by atoms with Gasteiger partial charge in [-0.3, -0.25) is 4.79 Å². The van der Waals surface area contributed by atoms with Crippen LogP contribution >= 0.6 is 12.2 Å². The van der Waals surface area contributed by atoms with E-state index in [9.17, 15) is 4.79 Å². The summed E-state index contributed by atoms with van der Waals surface area (Å²) >= 11 is 4.72. The van der Waals surface area contributed by atoms with Crippen LogP contribution in [-0.4, -0.2) is 33.0 Å². The SMILES string of the molecule is CC(O)C(N)C(=O)c1cnc(=S)[nH]c1. The van der Waals surface area contributed by atoms with E-state index in [4.69, 9.17) is 23.1 Å². The Morgan fingerprint density at radius 3 is 2.86 bits per heavy atom. The lowest BCUT2D eigenvalue weighted by molar-refractivity contribution is 0.0846. The molecule has 1 aromatic heterocycles. The molecule has 5 nitrogen and oxygen atoms in total. The Labute approximate surface area is 86.0 Å². The van der Waals surface area contributed by atoms with Crippen LogP contribution in [0.4, 0.5) is 0 Å². The number of aliphatic hydroxyl groups is 1. The predicted octanol–water partition coefficient (Wildman–Crippen LogP) is 0.0300. The molecule has 1 heterocycles. The first kappa shape index (κ1) is 11.0. The Morgan fingerprint density at radius 1 is 1.79 bits per heavy atom. The van der Waals surface area contributed by atoms with Crippen LogP contribution in [0.15, 0.2) is 12.4 Å². The molecule has 1 aromatic rings. The van der Waals surface area contributed by atoms with Crippen molar-refractivity contribution in [1.82, 2.24) is 9.97 Å². The van der Waals surface area contributed by atoms with Crippen molar-refractivity contribution in [2.24, 2.45) is 5.73 Å². The number of nitrogens with two attached hydrogens (primary N) is 1. The summed E-state index contributed by atoms with van der Waals surface area (Å²) < 4.78 is 0.298. The number of nitrogens with zero attached hydrogens (tertiary/aromatic N) is 1. The number of aromatic amines is 1.